The first-order chi connectivity index (χ1) is 21.8. The van der Waals surface area contributed by atoms with Gasteiger partial charge in [0, 0.05) is 61.4 Å². The first-order valence-electron chi connectivity index (χ1n) is 16.3. The normalized spacial score (nSPS) is 15.2. The number of hydrogen-bond acceptors (Lipinski definition) is 5. The molecular formula is C35H48N6O4. The Labute approximate surface area is 265 Å². The van der Waals surface area contributed by atoms with Crippen LogP contribution < -0.4 is 27.0 Å². The summed E-state index contributed by atoms with van der Waals surface area (Å²) in [6.45, 7) is 1.96. The number of carbonyl (C=O) groups is 4. The molecule has 0 spiro atoms. The summed E-state index contributed by atoms with van der Waals surface area (Å²) < 4.78 is 0. The van der Waals surface area contributed by atoms with Crippen LogP contribution in [0.1, 0.15) is 75.8 Å². The van der Waals surface area contributed by atoms with Crippen LogP contribution in [-0.2, 0) is 32.0 Å². The lowest BCUT2D eigenvalue weighted by molar-refractivity contribution is -0.130. The zero-order chi connectivity index (χ0) is 32.0. The number of para-hydroxylation sites is 1. The highest BCUT2D eigenvalue weighted by atomic mass is 16.2. The topological polar surface area (TPSA) is 158 Å². The zero-order valence-electron chi connectivity index (χ0n) is 26.3. The number of carbonyl (C=O) groups excluding carboxylic acids is 4. The molecule has 10 heteroatoms. The van der Waals surface area contributed by atoms with Crippen molar-refractivity contribution >= 4 is 34.5 Å². The van der Waals surface area contributed by atoms with Gasteiger partial charge in [0.1, 0.15) is 6.04 Å². The summed E-state index contributed by atoms with van der Waals surface area (Å²) in [4.78, 5) is 55.5. The van der Waals surface area contributed by atoms with Gasteiger partial charge in [0.25, 0.3) is 0 Å². The molecule has 1 saturated carbocycles. The molecule has 2 aromatic carbocycles. The van der Waals surface area contributed by atoms with Crippen LogP contribution >= 0.6 is 0 Å². The Bertz CT molecular complexity index is 1400. The highest BCUT2D eigenvalue weighted by molar-refractivity contribution is 5.90. The zero-order valence-corrected chi connectivity index (χ0v) is 26.3. The first-order valence-corrected chi connectivity index (χ1v) is 16.3. The molecule has 1 aromatic heterocycles. The van der Waals surface area contributed by atoms with Gasteiger partial charge < -0.3 is 32.0 Å². The summed E-state index contributed by atoms with van der Waals surface area (Å²) in [6.07, 6.45) is 9.15. The maximum atomic E-state index is 13.9. The predicted octanol–water partition coefficient (Wildman–Crippen LogP) is 3.40. The lowest BCUT2D eigenvalue weighted by Gasteiger charge is -2.25. The van der Waals surface area contributed by atoms with Crippen molar-refractivity contribution in [2.45, 2.75) is 102 Å². The van der Waals surface area contributed by atoms with Crippen LogP contribution in [0.5, 0.6) is 0 Å². The molecule has 0 unspecified atom stereocenters. The first kappa shape index (κ1) is 33.7. The molecule has 0 bridgehead atoms. The smallest absolute Gasteiger partial charge is 0.243 e. The second kappa shape index (κ2) is 17.3. The van der Waals surface area contributed by atoms with Crippen LogP contribution in [-0.4, -0.2) is 59.3 Å². The second-order valence-electron chi connectivity index (χ2n) is 12.2. The number of benzene rings is 2. The number of H-pyrrole nitrogens is 1. The lowest BCUT2D eigenvalue weighted by Crippen LogP contribution is -2.52. The molecule has 1 fully saturated rings. The number of unbranched alkanes of at least 4 members (excludes halogenated alkanes) is 1. The SMILES string of the molecule is CC(=O)N[C@H](CC(=O)N[C@H](Cc1c[nH]c2ccccc12)C(=O)N[C@@H](CCCCN)CC(=O)NC1CCCC1)Cc1ccccc1. The van der Waals surface area contributed by atoms with E-state index in [-0.39, 0.29) is 48.9 Å². The lowest BCUT2D eigenvalue weighted by atomic mass is 10.0. The maximum Gasteiger partial charge on any atom is 0.243 e. The Morgan fingerprint density at radius 3 is 2.29 bits per heavy atom. The highest BCUT2D eigenvalue weighted by Crippen LogP contribution is 2.20. The number of nitrogens with one attached hydrogen (secondary N) is 5. The van der Waals surface area contributed by atoms with Gasteiger partial charge in [-0.1, -0.05) is 67.8 Å². The Morgan fingerprint density at radius 2 is 1.56 bits per heavy atom. The number of fused-ring (bicyclic) bond motifs is 1. The average Bonchev–Trinajstić information content (AvgIpc) is 3.67. The van der Waals surface area contributed by atoms with Gasteiger partial charge in [0.05, 0.1) is 0 Å². The Morgan fingerprint density at radius 1 is 0.844 bits per heavy atom. The Balaban J connectivity index is 1.49. The summed E-state index contributed by atoms with van der Waals surface area (Å²) in [6, 6.07) is 15.9. The van der Waals surface area contributed by atoms with Crippen molar-refractivity contribution in [1.29, 1.82) is 0 Å². The van der Waals surface area contributed by atoms with E-state index < -0.39 is 18.1 Å². The monoisotopic (exact) mass is 616 g/mol. The van der Waals surface area contributed by atoms with Gasteiger partial charge in [-0.2, -0.15) is 0 Å². The van der Waals surface area contributed by atoms with Crippen molar-refractivity contribution in [2.24, 2.45) is 5.73 Å². The third-order valence-electron chi connectivity index (χ3n) is 8.42. The molecule has 0 radical (unpaired) electrons. The summed E-state index contributed by atoms with van der Waals surface area (Å²) in [5, 5.41) is 13.0. The minimum atomic E-state index is -0.888. The van der Waals surface area contributed by atoms with Crippen LogP contribution in [0, 0.1) is 0 Å². The van der Waals surface area contributed by atoms with Gasteiger partial charge in [-0.15, -0.1) is 0 Å². The van der Waals surface area contributed by atoms with Gasteiger partial charge >= 0.3 is 0 Å². The number of aromatic amines is 1. The standard InChI is InChI=1S/C35H48N6O4/c1-24(42)38-29(19-25-11-3-2-4-12-25)22-34(44)41-32(20-26-23-37-31-17-8-7-16-30(26)31)35(45)40-28(15-9-10-18-36)21-33(43)39-27-13-5-6-14-27/h2-4,7-8,11-12,16-17,23,27-29,32,37H,5-6,9-10,13-15,18-22,36H2,1H3,(H,38,42)(H,39,43)(H,40,45)(H,41,44)/t28-,29-,32+/m0/s1. The molecule has 0 aliphatic heterocycles. The van der Waals surface area contributed by atoms with Crippen molar-refractivity contribution in [3.05, 3.63) is 71.9 Å². The van der Waals surface area contributed by atoms with Crippen LogP contribution in [0.3, 0.4) is 0 Å². The number of rotatable bonds is 17. The number of hydrogen-bond donors (Lipinski definition) is 6. The highest BCUT2D eigenvalue weighted by Gasteiger charge is 2.28. The van der Waals surface area contributed by atoms with Gasteiger partial charge in [0.15, 0.2) is 0 Å². The molecule has 1 aliphatic rings. The van der Waals surface area contributed by atoms with Gasteiger partial charge in [0.2, 0.25) is 23.6 Å². The molecule has 3 atom stereocenters. The molecule has 1 heterocycles. The van der Waals surface area contributed by atoms with E-state index in [4.69, 9.17) is 5.73 Å². The summed E-state index contributed by atoms with van der Waals surface area (Å²) in [7, 11) is 0. The quantitative estimate of drug-likeness (QED) is 0.128. The molecule has 4 amide bonds. The maximum absolute atomic E-state index is 13.9. The third-order valence-corrected chi connectivity index (χ3v) is 8.42. The molecule has 7 N–H and O–H groups in total. The third kappa shape index (κ3) is 11.0. The molecule has 0 saturated heterocycles. The van der Waals surface area contributed by atoms with E-state index in [1.807, 2.05) is 60.8 Å². The molecule has 3 aromatic rings. The molecule has 1 aliphatic carbocycles. The fraction of sp³-hybridized carbons (Fsp3) is 0.486. The minimum Gasteiger partial charge on any atom is -0.361 e. The van der Waals surface area contributed by atoms with E-state index in [9.17, 15) is 19.2 Å². The molecule has 45 heavy (non-hydrogen) atoms. The number of aromatic nitrogens is 1. The fourth-order valence-corrected chi connectivity index (χ4v) is 6.21. The average molecular weight is 617 g/mol. The van der Waals surface area contributed by atoms with E-state index in [0.717, 1.165) is 60.6 Å². The van der Waals surface area contributed by atoms with Crippen molar-refractivity contribution in [3.63, 3.8) is 0 Å². The number of nitrogens with two attached hydrogens (primary N) is 1. The summed E-state index contributed by atoms with van der Waals surface area (Å²) in [5.74, 6) is -0.994. The molecule has 242 valence electrons. The predicted molar refractivity (Wildman–Crippen MR) is 176 cm³/mol. The van der Waals surface area contributed by atoms with Crippen molar-refractivity contribution in [1.82, 2.24) is 26.3 Å². The van der Waals surface area contributed by atoms with E-state index in [0.29, 0.717) is 19.4 Å². The van der Waals surface area contributed by atoms with Crippen molar-refractivity contribution in [2.75, 3.05) is 6.54 Å². The largest absolute Gasteiger partial charge is 0.361 e. The minimum absolute atomic E-state index is 0.00978. The summed E-state index contributed by atoms with van der Waals surface area (Å²) in [5.41, 5.74) is 8.55. The molecule has 4 rings (SSSR count). The Kier molecular flexibility index (Phi) is 13.0. The number of amides is 4. The van der Waals surface area contributed by atoms with E-state index in [1.54, 1.807) is 0 Å². The van der Waals surface area contributed by atoms with E-state index in [2.05, 4.69) is 26.3 Å². The van der Waals surface area contributed by atoms with Gasteiger partial charge in [-0.3, -0.25) is 19.2 Å². The molecule has 10 nitrogen and oxygen atoms in total. The molecular weight excluding hydrogens is 568 g/mol. The van der Waals surface area contributed by atoms with E-state index in [1.165, 1.54) is 6.92 Å². The van der Waals surface area contributed by atoms with Crippen LogP contribution in [0.15, 0.2) is 60.8 Å². The van der Waals surface area contributed by atoms with Crippen molar-refractivity contribution in [3.8, 4) is 0 Å². The van der Waals surface area contributed by atoms with Crippen molar-refractivity contribution < 1.29 is 19.2 Å². The van der Waals surface area contributed by atoms with Gasteiger partial charge in [-0.25, -0.2) is 0 Å². The Hall–Kier alpha value is -4.18. The fourth-order valence-electron chi connectivity index (χ4n) is 6.21. The van der Waals surface area contributed by atoms with Crippen LogP contribution in [0.2, 0.25) is 0 Å². The van der Waals surface area contributed by atoms with Crippen LogP contribution in [0.25, 0.3) is 10.9 Å². The van der Waals surface area contributed by atoms with Crippen LogP contribution in [0.4, 0.5) is 0 Å². The second-order valence-corrected chi connectivity index (χ2v) is 12.2. The summed E-state index contributed by atoms with van der Waals surface area (Å²) >= 11 is 0. The van der Waals surface area contributed by atoms with E-state index >= 15 is 0 Å². The van der Waals surface area contributed by atoms with Gasteiger partial charge in [-0.05, 0) is 55.8 Å².